The van der Waals surface area contributed by atoms with Crippen molar-refractivity contribution in [2.24, 2.45) is 0 Å². The molecule has 2 N–H and O–H groups in total. The fourth-order valence-electron chi connectivity index (χ4n) is 2.27. The Labute approximate surface area is 147 Å². The van der Waals surface area contributed by atoms with Gasteiger partial charge in [-0.2, -0.15) is 9.78 Å². The van der Waals surface area contributed by atoms with Crippen LogP contribution in [0.4, 0.5) is 5.82 Å². The molecule has 0 aromatic carbocycles. The number of anilines is 1. The standard InChI is InChI=1S/C16H16ClN5O3/c1-10-8-15(24)20-16(18-10)22-13(19-14(23)5-2-6-17)9-11(21-22)12-4-3-7-25-12/h3-4,7-9H,2,5-6H2,1H3,(H,19,23)(H,18,20,24). The second-order valence-corrected chi connectivity index (χ2v) is 5.73. The highest BCUT2D eigenvalue weighted by Gasteiger charge is 2.16. The summed E-state index contributed by atoms with van der Waals surface area (Å²) in [7, 11) is 0. The quantitative estimate of drug-likeness (QED) is 0.656. The molecule has 130 valence electrons. The van der Waals surface area contributed by atoms with Crippen LogP contribution < -0.4 is 10.9 Å². The van der Waals surface area contributed by atoms with Crippen LogP contribution in [0.1, 0.15) is 18.5 Å². The van der Waals surface area contributed by atoms with E-state index in [1.807, 2.05) is 0 Å². The zero-order chi connectivity index (χ0) is 17.8. The number of H-pyrrole nitrogens is 1. The minimum Gasteiger partial charge on any atom is -0.463 e. The average Bonchev–Trinajstić information content (AvgIpc) is 3.21. The van der Waals surface area contributed by atoms with Crippen LogP contribution in [0, 0.1) is 6.92 Å². The van der Waals surface area contributed by atoms with Crippen molar-refractivity contribution >= 4 is 23.3 Å². The molecule has 25 heavy (non-hydrogen) atoms. The van der Waals surface area contributed by atoms with E-state index in [9.17, 15) is 9.59 Å². The van der Waals surface area contributed by atoms with E-state index in [2.05, 4.69) is 20.4 Å². The highest BCUT2D eigenvalue weighted by atomic mass is 35.5. The first kappa shape index (κ1) is 17.0. The van der Waals surface area contributed by atoms with Gasteiger partial charge in [0.2, 0.25) is 11.9 Å². The predicted molar refractivity (Wildman–Crippen MR) is 93.0 cm³/mol. The maximum atomic E-state index is 12.1. The lowest BCUT2D eigenvalue weighted by Crippen LogP contribution is -2.18. The highest BCUT2D eigenvalue weighted by Crippen LogP contribution is 2.24. The lowest BCUT2D eigenvalue weighted by molar-refractivity contribution is -0.116. The van der Waals surface area contributed by atoms with E-state index in [0.29, 0.717) is 35.3 Å². The van der Waals surface area contributed by atoms with Crippen LogP contribution in [0.15, 0.2) is 39.7 Å². The third-order valence-corrected chi connectivity index (χ3v) is 3.61. The van der Waals surface area contributed by atoms with E-state index < -0.39 is 0 Å². The van der Waals surface area contributed by atoms with Crippen molar-refractivity contribution in [1.82, 2.24) is 19.7 Å². The van der Waals surface area contributed by atoms with E-state index in [1.54, 1.807) is 25.1 Å². The molecule has 3 aromatic rings. The Morgan fingerprint density at radius 2 is 2.28 bits per heavy atom. The van der Waals surface area contributed by atoms with E-state index in [-0.39, 0.29) is 23.8 Å². The average molecular weight is 362 g/mol. The molecule has 0 radical (unpaired) electrons. The van der Waals surface area contributed by atoms with E-state index in [1.165, 1.54) is 17.0 Å². The normalized spacial score (nSPS) is 10.8. The third-order valence-electron chi connectivity index (χ3n) is 3.35. The number of carbonyl (C=O) groups is 1. The summed E-state index contributed by atoms with van der Waals surface area (Å²) < 4.78 is 6.71. The molecule has 3 heterocycles. The third kappa shape index (κ3) is 3.97. The Balaban J connectivity index is 2.02. The second-order valence-electron chi connectivity index (χ2n) is 5.36. The van der Waals surface area contributed by atoms with E-state index in [4.69, 9.17) is 16.0 Å². The van der Waals surface area contributed by atoms with Crippen LogP contribution in [-0.4, -0.2) is 31.5 Å². The number of aromatic nitrogens is 4. The van der Waals surface area contributed by atoms with E-state index in [0.717, 1.165) is 0 Å². The Hall–Kier alpha value is -2.87. The molecular formula is C16H16ClN5O3. The zero-order valence-corrected chi connectivity index (χ0v) is 14.2. The van der Waals surface area contributed by atoms with Gasteiger partial charge in [-0.3, -0.25) is 14.6 Å². The maximum Gasteiger partial charge on any atom is 0.252 e. The summed E-state index contributed by atoms with van der Waals surface area (Å²) >= 11 is 5.62. The summed E-state index contributed by atoms with van der Waals surface area (Å²) in [4.78, 5) is 30.7. The number of aryl methyl sites for hydroxylation is 1. The lowest BCUT2D eigenvalue weighted by Gasteiger charge is -2.08. The molecular weight excluding hydrogens is 346 g/mol. The molecule has 0 spiro atoms. The maximum absolute atomic E-state index is 12.1. The summed E-state index contributed by atoms with van der Waals surface area (Å²) in [6.45, 7) is 1.70. The molecule has 3 rings (SSSR count). The van der Waals surface area contributed by atoms with Crippen LogP contribution in [0.3, 0.4) is 0 Å². The zero-order valence-electron chi connectivity index (χ0n) is 13.5. The Morgan fingerprint density at radius 3 is 2.96 bits per heavy atom. The number of hydrogen-bond donors (Lipinski definition) is 2. The number of nitrogens with zero attached hydrogens (tertiary/aromatic N) is 3. The predicted octanol–water partition coefficient (Wildman–Crippen LogP) is 2.48. The number of rotatable bonds is 6. The van der Waals surface area contributed by atoms with Gasteiger partial charge >= 0.3 is 0 Å². The number of furan rings is 1. The summed E-state index contributed by atoms with van der Waals surface area (Å²) in [5.41, 5.74) is 0.729. The Bertz CT molecular complexity index is 930. The largest absolute Gasteiger partial charge is 0.463 e. The first-order chi connectivity index (χ1) is 12.1. The molecule has 8 nitrogen and oxygen atoms in total. The Morgan fingerprint density at radius 1 is 1.44 bits per heavy atom. The number of carbonyl (C=O) groups excluding carboxylic acids is 1. The van der Waals surface area contributed by atoms with Gasteiger partial charge in [0, 0.05) is 30.1 Å². The van der Waals surface area contributed by atoms with E-state index >= 15 is 0 Å². The molecule has 0 saturated carbocycles. The van der Waals surface area contributed by atoms with Crippen molar-refractivity contribution in [3.63, 3.8) is 0 Å². The van der Waals surface area contributed by atoms with Gasteiger partial charge in [-0.1, -0.05) is 0 Å². The fourth-order valence-corrected chi connectivity index (χ4v) is 2.41. The Kier molecular flexibility index (Phi) is 4.99. The molecule has 0 unspecified atom stereocenters. The number of alkyl halides is 1. The number of halogens is 1. The van der Waals surface area contributed by atoms with Gasteiger partial charge in [0.1, 0.15) is 11.5 Å². The molecule has 0 aliphatic carbocycles. The molecule has 0 bridgehead atoms. The first-order valence-corrected chi connectivity index (χ1v) is 8.18. The van der Waals surface area contributed by atoms with Crippen molar-refractivity contribution in [3.8, 4) is 17.4 Å². The van der Waals surface area contributed by atoms with Crippen LogP contribution in [0.2, 0.25) is 0 Å². The molecule has 0 aliphatic rings. The molecule has 3 aromatic heterocycles. The summed E-state index contributed by atoms with van der Waals surface area (Å²) in [5, 5.41) is 7.15. The second kappa shape index (κ2) is 7.35. The van der Waals surface area contributed by atoms with Crippen LogP contribution >= 0.6 is 11.6 Å². The molecule has 9 heteroatoms. The van der Waals surface area contributed by atoms with Gasteiger partial charge < -0.3 is 9.73 Å². The van der Waals surface area contributed by atoms with Gasteiger partial charge in [0.15, 0.2) is 5.76 Å². The smallest absolute Gasteiger partial charge is 0.252 e. The summed E-state index contributed by atoms with van der Waals surface area (Å²) in [6, 6.07) is 6.51. The van der Waals surface area contributed by atoms with Crippen molar-refractivity contribution in [2.75, 3.05) is 11.2 Å². The van der Waals surface area contributed by atoms with Gasteiger partial charge in [-0.25, -0.2) is 4.98 Å². The molecule has 0 atom stereocenters. The first-order valence-electron chi connectivity index (χ1n) is 7.65. The number of aromatic amines is 1. The van der Waals surface area contributed by atoms with Gasteiger partial charge in [0.25, 0.3) is 5.56 Å². The van der Waals surface area contributed by atoms with Crippen LogP contribution in [0.5, 0.6) is 0 Å². The number of amides is 1. The molecule has 0 fully saturated rings. The van der Waals surface area contributed by atoms with Gasteiger partial charge in [-0.15, -0.1) is 11.6 Å². The molecule has 0 aliphatic heterocycles. The van der Waals surface area contributed by atoms with Gasteiger partial charge in [-0.05, 0) is 25.5 Å². The molecule has 0 saturated heterocycles. The number of hydrogen-bond acceptors (Lipinski definition) is 5. The summed E-state index contributed by atoms with van der Waals surface area (Å²) in [6.07, 6.45) is 2.37. The van der Waals surface area contributed by atoms with Crippen molar-refractivity contribution in [2.45, 2.75) is 19.8 Å². The minimum absolute atomic E-state index is 0.204. The lowest BCUT2D eigenvalue weighted by atomic mass is 10.3. The molecule has 1 amide bonds. The van der Waals surface area contributed by atoms with Crippen molar-refractivity contribution < 1.29 is 9.21 Å². The highest BCUT2D eigenvalue weighted by molar-refractivity contribution is 6.18. The van der Waals surface area contributed by atoms with Crippen molar-refractivity contribution in [3.05, 3.63) is 46.6 Å². The SMILES string of the molecule is Cc1cc(=O)[nH]c(-n2nc(-c3ccco3)cc2NC(=O)CCCCl)n1. The number of nitrogens with one attached hydrogen (secondary N) is 2. The monoisotopic (exact) mass is 361 g/mol. The fraction of sp³-hybridized carbons (Fsp3) is 0.250. The van der Waals surface area contributed by atoms with Crippen LogP contribution in [0.25, 0.3) is 17.4 Å². The van der Waals surface area contributed by atoms with Crippen LogP contribution in [-0.2, 0) is 4.79 Å². The topological polar surface area (TPSA) is 106 Å². The minimum atomic E-state index is -0.308. The van der Waals surface area contributed by atoms with Crippen molar-refractivity contribution in [1.29, 1.82) is 0 Å². The summed E-state index contributed by atoms with van der Waals surface area (Å²) in [5.74, 6) is 1.31. The van der Waals surface area contributed by atoms with Gasteiger partial charge in [0.05, 0.1) is 6.26 Å².